The number of aromatic nitrogens is 2. The number of rotatable bonds is 7. The Bertz CT molecular complexity index is 958. The van der Waals surface area contributed by atoms with E-state index in [2.05, 4.69) is 41.5 Å². The molecule has 1 heterocycles. The van der Waals surface area contributed by atoms with Crippen LogP contribution in [0.4, 0.5) is 6.01 Å². The number of carbonyl (C=O) groups is 1. The predicted molar refractivity (Wildman–Crippen MR) is 110 cm³/mol. The van der Waals surface area contributed by atoms with Gasteiger partial charge in [0.15, 0.2) is 0 Å². The van der Waals surface area contributed by atoms with E-state index in [0.717, 1.165) is 5.56 Å². The van der Waals surface area contributed by atoms with Gasteiger partial charge in [0, 0.05) is 15.2 Å². The predicted octanol–water partition coefficient (Wildman–Crippen LogP) is 5.08. The number of nitrogens with one attached hydrogen (secondary N) is 1. The molecule has 3 aromatic rings. The Morgan fingerprint density at radius 1 is 1.21 bits per heavy atom. The molecule has 0 aliphatic rings. The fraction of sp³-hybridized carbons (Fsp3) is 0.250. The van der Waals surface area contributed by atoms with E-state index in [1.54, 1.807) is 12.1 Å². The second-order valence-corrected chi connectivity index (χ2v) is 8.37. The maximum atomic E-state index is 12.5. The molecule has 0 atom stereocenters. The van der Waals surface area contributed by atoms with Gasteiger partial charge in [-0.2, -0.15) is 0 Å². The van der Waals surface area contributed by atoms with Crippen molar-refractivity contribution in [1.29, 1.82) is 0 Å². The van der Waals surface area contributed by atoms with Gasteiger partial charge in [0.2, 0.25) is 5.89 Å². The van der Waals surface area contributed by atoms with Crippen LogP contribution in [-0.2, 0) is 6.42 Å². The molecule has 0 saturated carbocycles. The third-order valence-corrected chi connectivity index (χ3v) is 4.99. The van der Waals surface area contributed by atoms with Crippen LogP contribution in [0.3, 0.4) is 0 Å². The molecule has 3 rings (SSSR count). The van der Waals surface area contributed by atoms with Crippen LogP contribution in [0.5, 0.6) is 5.75 Å². The molecule has 0 spiro atoms. The lowest BCUT2D eigenvalue weighted by molar-refractivity contribution is 0.102. The summed E-state index contributed by atoms with van der Waals surface area (Å²) in [5.41, 5.74) is 1.33. The maximum Gasteiger partial charge on any atom is 0.322 e. The monoisotopic (exact) mass is 417 g/mol. The minimum Gasteiger partial charge on any atom is -0.496 e. The summed E-state index contributed by atoms with van der Waals surface area (Å²) in [6, 6.07) is 13.0. The highest BCUT2D eigenvalue weighted by molar-refractivity contribution is 7.99. The van der Waals surface area contributed by atoms with Gasteiger partial charge in [-0.3, -0.25) is 10.1 Å². The van der Waals surface area contributed by atoms with Gasteiger partial charge in [-0.25, -0.2) is 0 Å². The number of carbonyl (C=O) groups excluding carboxylic acids is 1. The van der Waals surface area contributed by atoms with Crippen LogP contribution in [0.1, 0.15) is 35.7 Å². The SMILES string of the molecule is COc1ccc(Cl)cc1C(=O)Nc1nnc(Cc2ccc(SC(C)C)cc2)o1. The average molecular weight is 418 g/mol. The van der Waals surface area contributed by atoms with Crippen molar-refractivity contribution in [3.05, 3.63) is 64.5 Å². The number of nitrogens with zero attached hydrogens (tertiary/aromatic N) is 2. The van der Waals surface area contributed by atoms with Crippen molar-refractivity contribution in [3.8, 4) is 5.75 Å². The molecular formula is C20H20ClN3O3S. The van der Waals surface area contributed by atoms with E-state index >= 15 is 0 Å². The molecule has 8 heteroatoms. The maximum absolute atomic E-state index is 12.5. The number of amides is 1. The minimum atomic E-state index is -0.440. The molecule has 6 nitrogen and oxygen atoms in total. The number of thioether (sulfide) groups is 1. The smallest absolute Gasteiger partial charge is 0.322 e. The zero-order valence-electron chi connectivity index (χ0n) is 15.7. The van der Waals surface area contributed by atoms with E-state index in [0.29, 0.717) is 28.3 Å². The molecule has 0 fully saturated rings. The molecule has 1 amide bonds. The number of anilines is 1. The Hall–Kier alpha value is -2.51. The van der Waals surface area contributed by atoms with Crippen molar-refractivity contribution in [3.63, 3.8) is 0 Å². The summed E-state index contributed by atoms with van der Waals surface area (Å²) < 4.78 is 10.7. The lowest BCUT2D eigenvalue weighted by atomic mass is 10.1. The van der Waals surface area contributed by atoms with Crippen LogP contribution in [0, 0.1) is 0 Å². The van der Waals surface area contributed by atoms with Crippen molar-refractivity contribution < 1.29 is 13.9 Å². The van der Waals surface area contributed by atoms with Crippen molar-refractivity contribution in [2.75, 3.05) is 12.4 Å². The van der Waals surface area contributed by atoms with E-state index in [-0.39, 0.29) is 11.6 Å². The molecule has 2 aromatic carbocycles. The standard InChI is InChI=1S/C20H20ClN3O3S/c1-12(2)28-15-7-4-13(5-8-15)10-18-23-24-20(27-18)22-19(25)16-11-14(21)6-9-17(16)26-3/h4-9,11-12H,10H2,1-3H3,(H,22,24,25). The fourth-order valence-corrected chi connectivity index (χ4v) is 3.54. The number of hydrogen-bond acceptors (Lipinski definition) is 6. The van der Waals surface area contributed by atoms with Crippen LogP contribution in [0.25, 0.3) is 0 Å². The molecule has 0 aliphatic carbocycles. The summed E-state index contributed by atoms with van der Waals surface area (Å²) in [6.07, 6.45) is 0.482. The number of ether oxygens (including phenoxy) is 1. The summed E-state index contributed by atoms with van der Waals surface area (Å²) >= 11 is 7.77. The molecule has 0 aliphatic heterocycles. The molecule has 146 valence electrons. The van der Waals surface area contributed by atoms with E-state index in [4.69, 9.17) is 20.8 Å². The zero-order valence-corrected chi connectivity index (χ0v) is 17.3. The van der Waals surface area contributed by atoms with Gasteiger partial charge in [0.05, 0.1) is 19.1 Å². The van der Waals surface area contributed by atoms with Gasteiger partial charge in [0.1, 0.15) is 5.75 Å². The van der Waals surface area contributed by atoms with Crippen LogP contribution in [0.15, 0.2) is 51.8 Å². The Morgan fingerprint density at radius 2 is 1.96 bits per heavy atom. The quantitative estimate of drug-likeness (QED) is 0.540. The summed E-state index contributed by atoms with van der Waals surface area (Å²) in [5, 5.41) is 11.4. The average Bonchev–Trinajstić information content (AvgIpc) is 3.09. The molecule has 28 heavy (non-hydrogen) atoms. The van der Waals surface area contributed by atoms with Crippen LogP contribution in [-0.4, -0.2) is 28.5 Å². The first-order valence-corrected chi connectivity index (χ1v) is 9.93. The molecule has 1 N–H and O–H groups in total. The summed E-state index contributed by atoms with van der Waals surface area (Å²) in [4.78, 5) is 13.7. The summed E-state index contributed by atoms with van der Waals surface area (Å²) in [7, 11) is 1.48. The van der Waals surface area contributed by atoms with Crippen LogP contribution < -0.4 is 10.1 Å². The lowest BCUT2D eigenvalue weighted by Gasteiger charge is -2.07. The van der Waals surface area contributed by atoms with Gasteiger partial charge in [-0.1, -0.05) is 42.7 Å². The summed E-state index contributed by atoms with van der Waals surface area (Å²) in [5.74, 6) is 0.378. The van der Waals surface area contributed by atoms with E-state index in [1.807, 2.05) is 23.9 Å². The Balaban J connectivity index is 1.66. The largest absolute Gasteiger partial charge is 0.496 e. The second kappa shape index (κ2) is 9.12. The fourth-order valence-electron chi connectivity index (χ4n) is 2.53. The van der Waals surface area contributed by atoms with Gasteiger partial charge >= 0.3 is 6.01 Å². The first-order valence-electron chi connectivity index (χ1n) is 8.67. The first kappa shape index (κ1) is 20.2. The highest BCUT2D eigenvalue weighted by atomic mass is 35.5. The number of hydrogen-bond donors (Lipinski definition) is 1. The molecule has 0 bridgehead atoms. The molecule has 1 aromatic heterocycles. The molecular weight excluding hydrogens is 398 g/mol. The minimum absolute atomic E-state index is 0.0222. The molecule has 0 saturated heterocycles. The van der Waals surface area contributed by atoms with Gasteiger partial charge in [0.25, 0.3) is 5.91 Å². The third kappa shape index (κ3) is 5.27. The zero-order chi connectivity index (χ0) is 20.1. The molecule has 0 unspecified atom stereocenters. The van der Waals surface area contributed by atoms with Crippen molar-refractivity contribution in [2.24, 2.45) is 0 Å². The van der Waals surface area contributed by atoms with Gasteiger partial charge < -0.3 is 9.15 Å². The van der Waals surface area contributed by atoms with Crippen molar-refractivity contribution in [1.82, 2.24) is 10.2 Å². The number of methoxy groups -OCH3 is 1. The van der Waals surface area contributed by atoms with Crippen LogP contribution in [0.2, 0.25) is 5.02 Å². The highest BCUT2D eigenvalue weighted by Crippen LogP contribution is 2.25. The van der Waals surface area contributed by atoms with Gasteiger partial charge in [-0.15, -0.1) is 16.9 Å². The van der Waals surface area contributed by atoms with Crippen LogP contribution >= 0.6 is 23.4 Å². The first-order chi connectivity index (χ1) is 13.4. The van der Waals surface area contributed by atoms with E-state index < -0.39 is 5.91 Å². The lowest BCUT2D eigenvalue weighted by Crippen LogP contribution is -2.13. The highest BCUT2D eigenvalue weighted by Gasteiger charge is 2.16. The Kier molecular flexibility index (Phi) is 6.59. The number of benzene rings is 2. The summed E-state index contributed by atoms with van der Waals surface area (Å²) in [6.45, 7) is 4.32. The van der Waals surface area contributed by atoms with Crippen molar-refractivity contribution >= 4 is 35.3 Å². The van der Waals surface area contributed by atoms with Gasteiger partial charge in [-0.05, 0) is 35.9 Å². The second-order valence-electron chi connectivity index (χ2n) is 6.29. The molecule has 0 radical (unpaired) electrons. The normalized spacial score (nSPS) is 10.9. The Morgan fingerprint density at radius 3 is 2.64 bits per heavy atom. The van der Waals surface area contributed by atoms with Crippen molar-refractivity contribution in [2.45, 2.75) is 30.4 Å². The Labute approximate surface area is 172 Å². The number of halogens is 1. The third-order valence-electron chi connectivity index (χ3n) is 3.74. The topological polar surface area (TPSA) is 77.2 Å². The van der Waals surface area contributed by atoms with E-state index in [1.165, 1.54) is 18.1 Å². The van der Waals surface area contributed by atoms with E-state index in [9.17, 15) is 4.79 Å².